The van der Waals surface area contributed by atoms with E-state index in [2.05, 4.69) is 20.4 Å². The molecule has 1 amide bonds. The van der Waals surface area contributed by atoms with Crippen molar-refractivity contribution >= 4 is 23.5 Å². The summed E-state index contributed by atoms with van der Waals surface area (Å²) < 4.78 is 1.50. The number of nitrogens with one attached hydrogen (secondary N) is 2. The van der Waals surface area contributed by atoms with Gasteiger partial charge in [-0.05, 0) is 38.2 Å². The largest absolute Gasteiger partial charge is 0.306 e. The van der Waals surface area contributed by atoms with Crippen LogP contribution in [-0.2, 0) is 0 Å². The summed E-state index contributed by atoms with van der Waals surface area (Å²) in [5, 5.41) is 7.51. The molecule has 1 fully saturated rings. The molecule has 0 spiro atoms. The Morgan fingerprint density at radius 2 is 2.07 bits per heavy atom. The van der Waals surface area contributed by atoms with Crippen molar-refractivity contribution < 1.29 is 4.79 Å². The summed E-state index contributed by atoms with van der Waals surface area (Å²) in [6.07, 6.45) is 4.10. The van der Waals surface area contributed by atoms with E-state index >= 15 is 0 Å². The number of rotatable bonds is 5. The molecule has 0 saturated heterocycles. The number of aromatic amines is 1. The number of thioether (sulfide) groups is 1. The quantitative estimate of drug-likeness (QED) is 0.663. The van der Waals surface area contributed by atoms with Gasteiger partial charge in [0.05, 0.1) is 11.3 Å². The smallest absolute Gasteiger partial charge is 0.257 e. The van der Waals surface area contributed by atoms with Gasteiger partial charge in [0.2, 0.25) is 5.95 Å². The molecule has 2 N–H and O–H groups in total. The third-order valence-corrected chi connectivity index (χ3v) is 5.17. The highest BCUT2D eigenvalue weighted by atomic mass is 32.2. The highest BCUT2D eigenvalue weighted by Gasteiger charge is 2.28. The van der Waals surface area contributed by atoms with E-state index in [1.165, 1.54) is 22.5 Å². The number of carbonyl (C=O) groups excluding carboxylic acids is 1. The van der Waals surface area contributed by atoms with Crippen LogP contribution in [0.25, 0.3) is 5.95 Å². The molecule has 2 heterocycles. The maximum absolute atomic E-state index is 12.8. The number of anilines is 1. The van der Waals surface area contributed by atoms with Crippen molar-refractivity contribution in [2.45, 2.75) is 30.6 Å². The maximum Gasteiger partial charge on any atom is 0.257 e. The molecule has 138 valence electrons. The second-order valence-corrected chi connectivity index (χ2v) is 7.35. The van der Waals surface area contributed by atoms with Gasteiger partial charge in [0.25, 0.3) is 11.5 Å². The number of hydrogen-bond acceptors (Lipinski definition) is 5. The van der Waals surface area contributed by atoms with Crippen LogP contribution in [0.1, 0.15) is 40.5 Å². The number of hydrogen-bond donors (Lipinski definition) is 2. The first-order valence-corrected chi connectivity index (χ1v) is 9.90. The molecule has 27 heavy (non-hydrogen) atoms. The van der Waals surface area contributed by atoms with E-state index in [0.29, 0.717) is 28.9 Å². The molecule has 4 rings (SSSR count). The lowest BCUT2D eigenvalue weighted by Gasteiger charge is -2.10. The zero-order valence-corrected chi connectivity index (χ0v) is 15.8. The van der Waals surface area contributed by atoms with Crippen LogP contribution in [0.4, 0.5) is 5.82 Å². The van der Waals surface area contributed by atoms with E-state index in [1.807, 2.05) is 30.5 Å². The van der Waals surface area contributed by atoms with Gasteiger partial charge in [0.15, 0.2) is 0 Å². The molecule has 8 heteroatoms. The Balaban J connectivity index is 1.73. The van der Waals surface area contributed by atoms with E-state index in [-0.39, 0.29) is 11.5 Å². The van der Waals surface area contributed by atoms with Crippen molar-refractivity contribution in [1.29, 1.82) is 0 Å². The lowest BCUT2D eigenvalue weighted by molar-refractivity contribution is 0.102. The van der Waals surface area contributed by atoms with E-state index in [1.54, 1.807) is 13.0 Å². The Kier molecular flexibility index (Phi) is 4.57. The van der Waals surface area contributed by atoms with Gasteiger partial charge in [-0.15, -0.1) is 11.8 Å². The van der Waals surface area contributed by atoms with Crippen molar-refractivity contribution in [3.8, 4) is 5.95 Å². The summed E-state index contributed by atoms with van der Waals surface area (Å²) in [5.41, 5.74) is 1.82. The van der Waals surface area contributed by atoms with Crippen LogP contribution in [-0.4, -0.2) is 31.9 Å². The third-order valence-electron chi connectivity index (χ3n) is 4.37. The standard InChI is InChI=1S/C19H19N5O2S/c1-11-9-17(25)22-19(20-11)24-16(10-14(23-24)12-7-8-12)21-18(26)13-5-3-4-6-15(13)27-2/h3-6,9-10,12H,7-8H2,1-2H3,(H,21,26)(H,20,22,25). The molecule has 1 aliphatic rings. The van der Waals surface area contributed by atoms with Crippen molar-refractivity contribution in [2.24, 2.45) is 0 Å². The van der Waals surface area contributed by atoms with Gasteiger partial charge in [-0.25, -0.2) is 4.98 Å². The molecule has 3 aromatic rings. The molecule has 0 aliphatic heterocycles. The summed E-state index contributed by atoms with van der Waals surface area (Å²) in [6.45, 7) is 1.75. The minimum absolute atomic E-state index is 0.224. The maximum atomic E-state index is 12.8. The molecular formula is C19H19N5O2S. The molecule has 1 saturated carbocycles. The van der Waals surface area contributed by atoms with Crippen LogP contribution >= 0.6 is 11.8 Å². The fourth-order valence-corrected chi connectivity index (χ4v) is 3.50. The molecule has 2 aromatic heterocycles. The molecule has 0 atom stereocenters. The molecule has 0 radical (unpaired) electrons. The number of benzene rings is 1. The highest BCUT2D eigenvalue weighted by molar-refractivity contribution is 7.98. The summed E-state index contributed by atoms with van der Waals surface area (Å²) in [4.78, 5) is 32.6. The Hall–Kier alpha value is -2.87. The summed E-state index contributed by atoms with van der Waals surface area (Å²) >= 11 is 1.52. The first-order valence-electron chi connectivity index (χ1n) is 8.68. The summed E-state index contributed by atoms with van der Waals surface area (Å²) in [6, 6.07) is 10.7. The Morgan fingerprint density at radius 3 is 2.78 bits per heavy atom. The Morgan fingerprint density at radius 1 is 1.30 bits per heavy atom. The van der Waals surface area contributed by atoms with Crippen LogP contribution < -0.4 is 10.9 Å². The van der Waals surface area contributed by atoms with Gasteiger partial charge in [0, 0.05) is 28.6 Å². The molecule has 1 aliphatic carbocycles. The molecule has 1 aromatic carbocycles. The highest BCUT2D eigenvalue weighted by Crippen LogP contribution is 2.40. The summed E-state index contributed by atoms with van der Waals surface area (Å²) in [7, 11) is 0. The first kappa shape index (κ1) is 17.5. The second kappa shape index (κ2) is 7.03. The van der Waals surface area contributed by atoms with Crippen LogP contribution in [0.2, 0.25) is 0 Å². The van der Waals surface area contributed by atoms with Crippen LogP contribution in [0.5, 0.6) is 0 Å². The van der Waals surface area contributed by atoms with Crippen molar-refractivity contribution in [2.75, 3.05) is 11.6 Å². The zero-order chi connectivity index (χ0) is 19.0. The number of aromatic nitrogens is 4. The monoisotopic (exact) mass is 381 g/mol. The van der Waals surface area contributed by atoms with Crippen molar-refractivity contribution in [1.82, 2.24) is 19.7 Å². The first-order chi connectivity index (χ1) is 13.0. The number of amides is 1. The van der Waals surface area contributed by atoms with Gasteiger partial charge in [-0.3, -0.25) is 14.6 Å². The lowest BCUT2D eigenvalue weighted by Crippen LogP contribution is -2.19. The topological polar surface area (TPSA) is 92.7 Å². The van der Waals surface area contributed by atoms with Gasteiger partial charge in [-0.1, -0.05) is 12.1 Å². The van der Waals surface area contributed by atoms with Gasteiger partial charge < -0.3 is 5.32 Å². The minimum atomic E-state index is -0.258. The van der Waals surface area contributed by atoms with Crippen LogP contribution in [0, 0.1) is 6.92 Å². The van der Waals surface area contributed by atoms with Crippen LogP contribution in [0.15, 0.2) is 46.1 Å². The molecule has 0 unspecified atom stereocenters. The van der Waals surface area contributed by atoms with Crippen molar-refractivity contribution in [3.63, 3.8) is 0 Å². The predicted molar refractivity (Wildman–Crippen MR) is 105 cm³/mol. The fraction of sp³-hybridized carbons (Fsp3) is 0.263. The van der Waals surface area contributed by atoms with E-state index in [4.69, 9.17) is 0 Å². The zero-order valence-electron chi connectivity index (χ0n) is 15.0. The number of aryl methyl sites for hydroxylation is 1. The molecule has 0 bridgehead atoms. The SMILES string of the molecule is CSc1ccccc1C(=O)Nc1cc(C2CC2)nn1-c1nc(C)cc(=O)[nH]1. The number of nitrogens with zero attached hydrogens (tertiary/aromatic N) is 3. The van der Waals surface area contributed by atoms with Crippen LogP contribution in [0.3, 0.4) is 0 Å². The number of carbonyl (C=O) groups is 1. The predicted octanol–water partition coefficient (Wildman–Crippen LogP) is 3.12. The molecular weight excluding hydrogens is 362 g/mol. The van der Waals surface area contributed by atoms with E-state index in [9.17, 15) is 9.59 Å². The summed E-state index contributed by atoms with van der Waals surface area (Å²) in [5.74, 6) is 0.960. The van der Waals surface area contributed by atoms with Gasteiger partial charge in [-0.2, -0.15) is 9.78 Å². The van der Waals surface area contributed by atoms with Crippen molar-refractivity contribution in [3.05, 3.63) is 63.7 Å². The Labute approximate surface area is 160 Å². The van der Waals surface area contributed by atoms with Gasteiger partial charge in [0.1, 0.15) is 5.82 Å². The average molecular weight is 381 g/mol. The Bertz CT molecular complexity index is 1070. The second-order valence-electron chi connectivity index (χ2n) is 6.51. The number of H-pyrrole nitrogens is 1. The fourth-order valence-electron chi connectivity index (χ4n) is 2.91. The lowest BCUT2D eigenvalue weighted by atomic mass is 10.2. The average Bonchev–Trinajstić information content (AvgIpc) is 3.41. The normalized spacial score (nSPS) is 13.6. The molecule has 7 nitrogen and oxygen atoms in total. The van der Waals surface area contributed by atoms with Gasteiger partial charge >= 0.3 is 0 Å². The van der Waals surface area contributed by atoms with E-state index in [0.717, 1.165) is 23.4 Å². The minimum Gasteiger partial charge on any atom is -0.306 e. The van der Waals surface area contributed by atoms with E-state index < -0.39 is 0 Å². The third kappa shape index (κ3) is 3.66.